The fourth-order valence-electron chi connectivity index (χ4n) is 1.05. The van der Waals surface area contributed by atoms with E-state index in [1.54, 1.807) is 18.3 Å². The average molecular weight is 197 g/mol. The molecule has 0 aliphatic rings. The molecule has 0 aromatic carbocycles. The summed E-state index contributed by atoms with van der Waals surface area (Å²) in [6.45, 7) is 5.70. The van der Waals surface area contributed by atoms with Gasteiger partial charge in [0.1, 0.15) is 0 Å². The SMILES string of the molecule is CCC(C)(N)C(=O)c1csc(C)c1. The van der Waals surface area contributed by atoms with E-state index in [-0.39, 0.29) is 5.78 Å². The van der Waals surface area contributed by atoms with Gasteiger partial charge in [0.25, 0.3) is 0 Å². The molecule has 0 bridgehead atoms. The lowest BCUT2D eigenvalue weighted by molar-refractivity contribution is 0.0898. The topological polar surface area (TPSA) is 43.1 Å². The predicted octanol–water partition coefficient (Wildman–Crippen LogP) is 2.37. The maximum Gasteiger partial charge on any atom is 0.183 e. The summed E-state index contributed by atoms with van der Waals surface area (Å²) >= 11 is 1.58. The van der Waals surface area contributed by atoms with Gasteiger partial charge in [-0.05, 0) is 26.3 Å². The molecule has 0 aliphatic carbocycles. The summed E-state index contributed by atoms with van der Waals surface area (Å²) in [5, 5.41) is 1.87. The Bertz CT molecular complexity index is 314. The van der Waals surface area contributed by atoms with E-state index in [1.807, 2.05) is 25.3 Å². The van der Waals surface area contributed by atoms with Crippen LogP contribution < -0.4 is 5.73 Å². The molecule has 1 rings (SSSR count). The van der Waals surface area contributed by atoms with Crippen LogP contribution in [0, 0.1) is 6.92 Å². The summed E-state index contributed by atoms with van der Waals surface area (Å²) < 4.78 is 0. The van der Waals surface area contributed by atoms with E-state index in [2.05, 4.69) is 0 Å². The van der Waals surface area contributed by atoms with Crippen LogP contribution in [0.1, 0.15) is 35.5 Å². The molecule has 1 aromatic rings. The molecule has 0 saturated carbocycles. The largest absolute Gasteiger partial charge is 0.319 e. The van der Waals surface area contributed by atoms with E-state index in [4.69, 9.17) is 5.73 Å². The molecule has 0 saturated heterocycles. The van der Waals surface area contributed by atoms with Crippen LogP contribution in [0.3, 0.4) is 0 Å². The molecule has 1 atom stereocenters. The van der Waals surface area contributed by atoms with Crippen molar-refractivity contribution in [1.82, 2.24) is 0 Å². The zero-order valence-corrected chi connectivity index (χ0v) is 9.07. The molecule has 2 N–H and O–H groups in total. The standard InChI is InChI=1S/C10H15NOS/c1-4-10(3,11)9(12)8-5-7(2)13-6-8/h5-6H,4,11H2,1-3H3. The van der Waals surface area contributed by atoms with Gasteiger partial charge in [-0.15, -0.1) is 11.3 Å². The molecule has 2 nitrogen and oxygen atoms in total. The molecule has 0 spiro atoms. The Hall–Kier alpha value is -0.670. The number of carbonyl (C=O) groups excluding carboxylic acids is 1. The number of aryl methyl sites for hydroxylation is 1. The second-order valence-corrected chi connectivity index (χ2v) is 4.66. The van der Waals surface area contributed by atoms with E-state index >= 15 is 0 Å². The van der Waals surface area contributed by atoms with Crippen LogP contribution in [-0.2, 0) is 0 Å². The summed E-state index contributed by atoms with van der Waals surface area (Å²) in [5.41, 5.74) is 5.89. The van der Waals surface area contributed by atoms with Crippen molar-refractivity contribution in [2.24, 2.45) is 5.73 Å². The first-order chi connectivity index (χ1) is 5.97. The highest BCUT2D eigenvalue weighted by molar-refractivity contribution is 7.10. The third-order valence-electron chi connectivity index (χ3n) is 2.25. The monoisotopic (exact) mass is 197 g/mol. The third kappa shape index (κ3) is 2.17. The minimum atomic E-state index is -0.715. The lowest BCUT2D eigenvalue weighted by Gasteiger charge is -2.19. The summed E-state index contributed by atoms with van der Waals surface area (Å²) in [5.74, 6) is 0.0411. The molecule has 1 unspecified atom stereocenters. The molecule has 0 radical (unpaired) electrons. The van der Waals surface area contributed by atoms with Gasteiger partial charge in [0.05, 0.1) is 5.54 Å². The zero-order valence-electron chi connectivity index (χ0n) is 8.26. The fourth-order valence-corrected chi connectivity index (χ4v) is 1.74. The summed E-state index contributed by atoms with van der Waals surface area (Å²) in [6, 6.07) is 1.90. The van der Waals surface area contributed by atoms with E-state index < -0.39 is 5.54 Å². The Morgan fingerprint density at radius 2 is 2.31 bits per heavy atom. The molecule has 13 heavy (non-hydrogen) atoms. The Balaban J connectivity index is 2.91. The van der Waals surface area contributed by atoms with E-state index in [9.17, 15) is 4.79 Å². The number of hydrogen-bond acceptors (Lipinski definition) is 3. The summed E-state index contributed by atoms with van der Waals surface area (Å²) in [4.78, 5) is 12.9. The smallest absolute Gasteiger partial charge is 0.183 e. The van der Waals surface area contributed by atoms with Gasteiger partial charge in [0, 0.05) is 15.8 Å². The molecule has 72 valence electrons. The molecular formula is C10H15NOS. The molecule has 3 heteroatoms. The Morgan fingerprint density at radius 1 is 1.69 bits per heavy atom. The molecule has 0 fully saturated rings. The van der Waals surface area contributed by atoms with Crippen molar-refractivity contribution >= 4 is 17.1 Å². The van der Waals surface area contributed by atoms with Crippen LogP contribution in [0.25, 0.3) is 0 Å². The predicted molar refractivity (Wildman–Crippen MR) is 56.3 cm³/mol. The van der Waals surface area contributed by atoms with Gasteiger partial charge >= 0.3 is 0 Å². The molecule has 1 aromatic heterocycles. The van der Waals surface area contributed by atoms with Gasteiger partial charge in [0.15, 0.2) is 5.78 Å². The van der Waals surface area contributed by atoms with Crippen molar-refractivity contribution in [3.05, 3.63) is 21.9 Å². The fraction of sp³-hybridized carbons (Fsp3) is 0.500. The first-order valence-electron chi connectivity index (χ1n) is 4.36. The van der Waals surface area contributed by atoms with Crippen molar-refractivity contribution < 1.29 is 4.79 Å². The van der Waals surface area contributed by atoms with E-state index in [0.717, 1.165) is 10.4 Å². The lowest BCUT2D eigenvalue weighted by Crippen LogP contribution is -2.44. The quantitative estimate of drug-likeness (QED) is 0.756. The Morgan fingerprint density at radius 3 is 2.69 bits per heavy atom. The average Bonchev–Trinajstić information content (AvgIpc) is 2.50. The number of carbonyl (C=O) groups is 1. The minimum absolute atomic E-state index is 0.0411. The highest BCUT2D eigenvalue weighted by Crippen LogP contribution is 2.19. The van der Waals surface area contributed by atoms with Crippen molar-refractivity contribution in [3.63, 3.8) is 0 Å². The lowest BCUT2D eigenvalue weighted by atomic mass is 9.91. The van der Waals surface area contributed by atoms with Crippen molar-refractivity contribution in [3.8, 4) is 0 Å². The van der Waals surface area contributed by atoms with Gasteiger partial charge in [-0.25, -0.2) is 0 Å². The maximum atomic E-state index is 11.8. The zero-order chi connectivity index (χ0) is 10.1. The second-order valence-electron chi connectivity index (χ2n) is 3.55. The summed E-state index contributed by atoms with van der Waals surface area (Å²) in [7, 11) is 0. The van der Waals surface area contributed by atoms with Crippen LogP contribution >= 0.6 is 11.3 Å². The van der Waals surface area contributed by atoms with Crippen LogP contribution in [0.15, 0.2) is 11.4 Å². The first-order valence-corrected chi connectivity index (χ1v) is 5.24. The van der Waals surface area contributed by atoms with Gasteiger partial charge in [-0.3, -0.25) is 4.79 Å². The number of nitrogens with two attached hydrogens (primary N) is 1. The van der Waals surface area contributed by atoms with Gasteiger partial charge in [0.2, 0.25) is 0 Å². The number of thiophene rings is 1. The highest BCUT2D eigenvalue weighted by atomic mass is 32.1. The number of rotatable bonds is 3. The normalized spacial score (nSPS) is 15.4. The van der Waals surface area contributed by atoms with Gasteiger partial charge in [-0.2, -0.15) is 0 Å². The number of Topliss-reactive ketones (excluding diaryl/α,β-unsaturated/α-hetero) is 1. The van der Waals surface area contributed by atoms with E-state index in [0.29, 0.717) is 6.42 Å². The summed E-state index contributed by atoms with van der Waals surface area (Å²) in [6.07, 6.45) is 0.667. The van der Waals surface area contributed by atoms with Gasteiger partial charge in [-0.1, -0.05) is 6.92 Å². The molecule has 0 amide bonds. The van der Waals surface area contributed by atoms with Crippen molar-refractivity contribution in [2.75, 3.05) is 0 Å². The minimum Gasteiger partial charge on any atom is -0.319 e. The van der Waals surface area contributed by atoms with Crippen LogP contribution in [0.2, 0.25) is 0 Å². The Kier molecular flexibility index (Phi) is 2.88. The van der Waals surface area contributed by atoms with Crippen LogP contribution in [0.4, 0.5) is 0 Å². The van der Waals surface area contributed by atoms with Crippen LogP contribution in [-0.4, -0.2) is 11.3 Å². The van der Waals surface area contributed by atoms with E-state index in [1.165, 1.54) is 0 Å². The van der Waals surface area contributed by atoms with Crippen LogP contribution in [0.5, 0.6) is 0 Å². The Labute approximate surface area is 82.8 Å². The number of hydrogen-bond donors (Lipinski definition) is 1. The second kappa shape index (κ2) is 3.60. The first kappa shape index (κ1) is 10.4. The highest BCUT2D eigenvalue weighted by Gasteiger charge is 2.27. The third-order valence-corrected chi connectivity index (χ3v) is 3.11. The molecule has 0 aliphatic heterocycles. The van der Waals surface area contributed by atoms with Crippen molar-refractivity contribution in [1.29, 1.82) is 0 Å². The maximum absolute atomic E-state index is 11.8. The van der Waals surface area contributed by atoms with Gasteiger partial charge < -0.3 is 5.73 Å². The van der Waals surface area contributed by atoms with Crippen molar-refractivity contribution in [2.45, 2.75) is 32.7 Å². The molecular weight excluding hydrogens is 182 g/mol. The molecule has 1 heterocycles. The number of ketones is 1.